The van der Waals surface area contributed by atoms with E-state index in [0.717, 1.165) is 0 Å². The topological polar surface area (TPSA) is 0 Å². The molecule has 9 heavy (non-hydrogen) atoms. The second kappa shape index (κ2) is 2.95. The molecule has 0 heterocycles. The van der Waals surface area contributed by atoms with Crippen molar-refractivity contribution in [1.82, 2.24) is 0 Å². The molecule has 0 saturated heterocycles. The predicted molar refractivity (Wildman–Crippen MR) is 42.0 cm³/mol. The van der Waals surface area contributed by atoms with Gasteiger partial charge in [-0.1, -0.05) is 0 Å². The van der Waals surface area contributed by atoms with E-state index >= 15 is 0 Å². The first-order chi connectivity index (χ1) is 4.20. The fourth-order valence-electron chi connectivity index (χ4n) is 0.598. The quantitative estimate of drug-likeness (QED) is 0.540. The van der Waals surface area contributed by atoms with E-state index in [4.69, 9.17) is 0 Å². The minimum absolute atomic E-state index is 1.27. The molecule has 0 saturated carbocycles. The molecule has 0 aliphatic rings. The van der Waals surface area contributed by atoms with Gasteiger partial charge in [-0.15, -0.1) is 0 Å². The maximum absolute atomic E-state index is 2.57. The van der Waals surface area contributed by atoms with Gasteiger partial charge in [-0.05, 0) is 0 Å². The van der Waals surface area contributed by atoms with Crippen LogP contribution in [0.1, 0.15) is 5.56 Å². The predicted octanol–water partition coefficient (Wildman–Crippen LogP) is -0.417. The number of aryl methyl sites for hydroxylation is 1. The summed E-state index contributed by atoms with van der Waals surface area (Å²) in [7, 11) is 0. The van der Waals surface area contributed by atoms with Gasteiger partial charge in [-0.25, -0.2) is 0 Å². The van der Waals surface area contributed by atoms with Crippen LogP contribution in [0.5, 0.6) is 0 Å². The Morgan fingerprint density at radius 1 is 1.22 bits per heavy atom. The summed E-state index contributed by atoms with van der Waals surface area (Å²) >= 11 is 5.10. The van der Waals surface area contributed by atoms with E-state index in [1.165, 1.54) is 14.3 Å². The van der Waals surface area contributed by atoms with Crippen molar-refractivity contribution in [1.29, 1.82) is 0 Å². The van der Waals surface area contributed by atoms with E-state index in [-0.39, 0.29) is 0 Å². The van der Waals surface area contributed by atoms with E-state index < -0.39 is 0 Å². The maximum atomic E-state index is 2.57. The zero-order chi connectivity index (χ0) is 6.85. The molecule has 1 rings (SSSR count). The third kappa shape index (κ3) is 1.88. The zero-order valence-electron chi connectivity index (χ0n) is 5.13. The first kappa shape index (κ1) is 7.44. The molecule has 0 aromatic heterocycles. The van der Waals surface area contributed by atoms with Crippen LogP contribution in [0, 0.1) is 6.92 Å². The van der Waals surface area contributed by atoms with Crippen molar-refractivity contribution >= 4 is 42.4 Å². The first-order valence-corrected chi connectivity index (χ1v) is 4.56. The Morgan fingerprint density at radius 2 is 1.89 bits per heavy atom. The first-order valence-electron chi connectivity index (χ1n) is 2.69. The monoisotopic (exact) mass is 240 g/mol. The van der Waals surface area contributed by atoms with Crippen LogP contribution in [-0.4, -0.2) is 33.7 Å². The molecule has 1 aromatic rings. The number of hydrogen-bond acceptors (Lipinski definition) is 0. The van der Waals surface area contributed by atoms with Crippen molar-refractivity contribution < 1.29 is 0 Å². The van der Waals surface area contributed by atoms with Crippen LogP contribution in [0.2, 0.25) is 0 Å². The SMILES string of the molecule is Cc1ccc([As])cc1[As]. The molecule has 0 aliphatic heterocycles. The molecule has 0 amide bonds. The van der Waals surface area contributed by atoms with Gasteiger partial charge in [0.2, 0.25) is 0 Å². The average Bonchev–Trinajstić information content (AvgIpc) is 1.80. The van der Waals surface area contributed by atoms with Gasteiger partial charge in [0, 0.05) is 0 Å². The van der Waals surface area contributed by atoms with Gasteiger partial charge in [0.25, 0.3) is 0 Å². The van der Waals surface area contributed by atoms with Crippen molar-refractivity contribution in [3.8, 4) is 0 Å². The summed E-state index contributed by atoms with van der Waals surface area (Å²) in [6.45, 7) is 2.11. The molecular weight excluding hydrogens is 234 g/mol. The van der Waals surface area contributed by atoms with Gasteiger partial charge in [0.05, 0.1) is 0 Å². The molecule has 0 atom stereocenters. The second-order valence-corrected chi connectivity index (χ2v) is 4.07. The van der Waals surface area contributed by atoms with Crippen molar-refractivity contribution in [2.75, 3.05) is 0 Å². The Bertz CT molecular complexity index is 218. The van der Waals surface area contributed by atoms with Crippen LogP contribution in [0.25, 0.3) is 0 Å². The average molecular weight is 240 g/mol. The van der Waals surface area contributed by atoms with E-state index in [2.05, 4.69) is 58.8 Å². The molecule has 0 fully saturated rings. The van der Waals surface area contributed by atoms with Gasteiger partial charge in [0.15, 0.2) is 0 Å². The van der Waals surface area contributed by atoms with Crippen molar-refractivity contribution in [2.45, 2.75) is 6.92 Å². The van der Waals surface area contributed by atoms with Crippen LogP contribution in [0.4, 0.5) is 0 Å². The minimum atomic E-state index is 1.27. The Balaban J connectivity index is 3.17. The van der Waals surface area contributed by atoms with Crippen molar-refractivity contribution in [3.05, 3.63) is 23.8 Å². The van der Waals surface area contributed by atoms with Gasteiger partial charge < -0.3 is 0 Å². The van der Waals surface area contributed by atoms with E-state index in [1.807, 2.05) is 0 Å². The Labute approximate surface area is 73.0 Å². The summed E-state index contributed by atoms with van der Waals surface area (Å²) in [5.74, 6) is 0. The van der Waals surface area contributed by atoms with Crippen LogP contribution < -0.4 is 8.70 Å². The molecule has 0 spiro atoms. The van der Waals surface area contributed by atoms with Gasteiger partial charge in [0.1, 0.15) is 0 Å². The molecule has 0 unspecified atom stereocenters. The van der Waals surface area contributed by atoms with Crippen LogP contribution in [0.3, 0.4) is 0 Å². The summed E-state index contributed by atoms with van der Waals surface area (Å²) in [5, 5.41) is 0. The Hall–Kier alpha value is 0.337. The summed E-state index contributed by atoms with van der Waals surface area (Å²) in [6.07, 6.45) is 0. The van der Waals surface area contributed by atoms with E-state index in [1.54, 1.807) is 0 Å². The molecule has 0 bridgehead atoms. The summed E-state index contributed by atoms with van der Waals surface area (Å²) in [4.78, 5) is 0. The van der Waals surface area contributed by atoms with Crippen LogP contribution in [-0.2, 0) is 0 Å². The molecule has 1 aromatic carbocycles. The molecule has 0 N–H and O–H groups in total. The summed E-state index contributed by atoms with van der Waals surface area (Å²) in [5.41, 5.74) is 1.34. The standard InChI is InChI=1S/C7H6As2/c1-5-2-3-6(8)4-7(5)9/h2-4H,1H3. The van der Waals surface area contributed by atoms with Crippen LogP contribution in [0.15, 0.2) is 18.2 Å². The molecule has 0 nitrogen and oxygen atoms in total. The Kier molecular flexibility index (Phi) is 2.44. The number of rotatable bonds is 0. The molecule has 0 aliphatic carbocycles. The molecular formula is C7H6As2. The molecule has 4 radical (unpaired) electrons. The zero-order valence-corrected chi connectivity index (χ0v) is 8.88. The fourth-order valence-corrected chi connectivity index (χ4v) is 1.95. The van der Waals surface area contributed by atoms with Crippen molar-refractivity contribution in [3.63, 3.8) is 0 Å². The van der Waals surface area contributed by atoms with Crippen molar-refractivity contribution in [2.24, 2.45) is 0 Å². The normalized spacial score (nSPS) is 9.67. The number of hydrogen-bond donors (Lipinski definition) is 0. The third-order valence-corrected chi connectivity index (χ3v) is 2.79. The third-order valence-electron chi connectivity index (χ3n) is 1.19. The van der Waals surface area contributed by atoms with Gasteiger partial charge >= 0.3 is 73.1 Å². The molecule has 44 valence electrons. The summed E-state index contributed by atoms with van der Waals surface area (Å²) < 4.78 is 2.57. The summed E-state index contributed by atoms with van der Waals surface area (Å²) in [6, 6.07) is 6.38. The Morgan fingerprint density at radius 3 is 2.33 bits per heavy atom. The van der Waals surface area contributed by atoms with Gasteiger partial charge in [-0.2, -0.15) is 0 Å². The van der Waals surface area contributed by atoms with E-state index in [0.29, 0.717) is 0 Å². The molecule has 2 heteroatoms. The van der Waals surface area contributed by atoms with E-state index in [9.17, 15) is 0 Å². The fraction of sp³-hybridized carbons (Fsp3) is 0.143. The number of benzene rings is 1. The second-order valence-electron chi connectivity index (χ2n) is 1.97. The van der Waals surface area contributed by atoms with Gasteiger partial charge in [-0.3, -0.25) is 0 Å². The van der Waals surface area contributed by atoms with Crippen LogP contribution >= 0.6 is 0 Å².